The fourth-order valence-corrected chi connectivity index (χ4v) is 4.11. The quantitative estimate of drug-likeness (QED) is 0.862. The Balaban J connectivity index is 1.62. The summed E-state index contributed by atoms with van der Waals surface area (Å²) in [6.07, 6.45) is 7.77. The fourth-order valence-electron chi connectivity index (χ4n) is 2.99. The first-order valence-corrected chi connectivity index (χ1v) is 8.22. The molecule has 1 aromatic heterocycles. The molecule has 0 saturated heterocycles. The lowest BCUT2D eigenvalue weighted by atomic mass is 9.95. The van der Waals surface area contributed by atoms with Crippen molar-refractivity contribution in [2.45, 2.75) is 55.8 Å². The summed E-state index contributed by atoms with van der Waals surface area (Å²) in [5.41, 5.74) is -0.0598. The Kier molecular flexibility index (Phi) is 4.10. The molecule has 0 unspecified atom stereocenters. The maximum atomic E-state index is 12.1. The number of nitrogens with one attached hydrogen (secondary N) is 1. The van der Waals surface area contributed by atoms with Crippen LogP contribution in [0.3, 0.4) is 0 Å². The molecule has 3 rings (SSSR count). The summed E-state index contributed by atoms with van der Waals surface area (Å²) in [5, 5.41) is 3.84. The maximum Gasteiger partial charge on any atom is 0.254 e. The van der Waals surface area contributed by atoms with E-state index in [9.17, 15) is 9.59 Å². The lowest BCUT2D eigenvalue weighted by Gasteiger charge is -2.23. The molecule has 1 N–H and O–H groups in total. The van der Waals surface area contributed by atoms with Gasteiger partial charge in [-0.1, -0.05) is 31.0 Å². The second kappa shape index (κ2) is 5.99. The fraction of sp³-hybridized carbons (Fsp3) is 0.643. The number of fused-ring (bicyclic) bond motifs is 1. The minimum absolute atomic E-state index is 0.0557. The molecule has 1 fully saturated rings. The van der Waals surface area contributed by atoms with Crippen LogP contribution >= 0.6 is 11.8 Å². The molecule has 1 amide bonds. The summed E-state index contributed by atoms with van der Waals surface area (Å²) in [7, 11) is 0. The maximum absolute atomic E-state index is 12.1. The first kappa shape index (κ1) is 13.7. The number of amides is 1. The Labute approximate surface area is 122 Å². The molecule has 1 aliphatic carbocycles. The number of aromatic nitrogens is 2. The molecule has 20 heavy (non-hydrogen) atoms. The largest absolute Gasteiger partial charge is 0.353 e. The van der Waals surface area contributed by atoms with Gasteiger partial charge in [0.25, 0.3) is 5.56 Å². The van der Waals surface area contributed by atoms with E-state index in [4.69, 9.17) is 0 Å². The highest BCUT2D eigenvalue weighted by atomic mass is 32.2. The zero-order chi connectivity index (χ0) is 13.9. The summed E-state index contributed by atoms with van der Waals surface area (Å²) < 4.78 is 1.66. The van der Waals surface area contributed by atoms with E-state index in [-0.39, 0.29) is 17.5 Å². The van der Waals surface area contributed by atoms with Crippen LogP contribution in [0.4, 0.5) is 0 Å². The molecular weight excluding hydrogens is 274 g/mol. The number of nitrogens with zero attached hydrogens (tertiary/aromatic N) is 2. The van der Waals surface area contributed by atoms with Gasteiger partial charge in [-0.25, -0.2) is 4.98 Å². The van der Waals surface area contributed by atoms with Gasteiger partial charge in [-0.2, -0.15) is 0 Å². The van der Waals surface area contributed by atoms with Crippen LogP contribution in [0.1, 0.15) is 44.6 Å². The Morgan fingerprint density at radius 3 is 3.00 bits per heavy atom. The molecule has 6 heteroatoms. The van der Waals surface area contributed by atoms with Gasteiger partial charge in [-0.3, -0.25) is 14.2 Å². The average molecular weight is 293 g/mol. The summed E-state index contributed by atoms with van der Waals surface area (Å²) in [6, 6.07) is 1.73. The molecule has 0 bridgehead atoms. The predicted octanol–water partition coefficient (Wildman–Crippen LogP) is 1.73. The zero-order valence-corrected chi connectivity index (χ0v) is 12.2. The zero-order valence-electron chi connectivity index (χ0n) is 11.4. The van der Waals surface area contributed by atoms with Crippen LogP contribution < -0.4 is 10.9 Å². The van der Waals surface area contributed by atoms with E-state index < -0.39 is 0 Å². The van der Waals surface area contributed by atoms with E-state index >= 15 is 0 Å². The highest BCUT2D eigenvalue weighted by molar-refractivity contribution is 7.99. The van der Waals surface area contributed by atoms with E-state index in [1.54, 1.807) is 16.3 Å². The second-order valence-corrected chi connectivity index (χ2v) is 6.49. The Morgan fingerprint density at radius 2 is 2.20 bits per heavy atom. The van der Waals surface area contributed by atoms with Crippen molar-refractivity contribution < 1.29 is 4.79 Å². The third-order valence-corrected chi connectivity index (χ3v) is 5.12. The first-order valence-electron chi connectivity index (χ1n) is 7.24. The number of hydrogen-bond acceptors (Lipinski definition) is 4. The average Bonchev–Trinajstić information content (AvgIpc) is 2.84. The van der Waals surface area contributed by atoms with Crippen LogP contribution in [-0.4, -0.2) is 27.3 Å². The smallest absolute Gasteiger partial charge is 0.254 e. The molecule has 5 nitrogen and oxygen atoms in total. The van der Waals surface area contributed by atoms with Crippen LogP contribution in [0.5, 0.6) is 0 Å². The Morgan fingerprint density at radius 1 is 1.40 bits per heavy atom. The normalized spacial score (nSPS) is 22.5. The highest BCUT2D eigenvalue weighted by Gasteiger charge is 2.27. The van der Waals surface area contributed by atoms with Gasteiger partial charge in [0.1, 0.15) is 0 Å². The van der Waals surface area contributed by atoms with Crippen molar-refractivity contribution in [2.75, 3.05) is 5.75 Å². The van der Waals surface area contributed by atoms with Crippen molar-refractivity contribution in [3.8, 4) is 0 Å². The van der Waals surface area contributed by atoms with E-state index in [1.807, 2.05) is 0 Å². The molecule has 1 aromatic rings. The standard InChI is InChI=1S/C14H19N3O2S/c18-12(16-10-4-2-1-3-5-10)8-11-9-20-14-15-7-6-13(19)17(11)14/h6-7,10-11H,1-5,8-9H2,(H,16,18)/t11-/m1/s1. The van der Waals surface area contributed by atoms with Crippen molar-refractivity contribution >= 4 is 17.7 Å². The Bertz CT molecular complexity index is 552. The van der Waals surface area contributed by atoms with E-state index in [1.165, 1.54) is 31.5 Å². The molecule has 0 radical (unpaired) electrons. The lowest BCUT2D eigenvalue weighted by molar-refractivity contribution is -0.122. The summed E-state index contributed by atoms with van der Waals surface area (Å²) in [4.78, 5) is 28.2. The van der Waals surface area contributed by atoms with Gasteiger partial charge in [0, 0.05) is 30.5 Å². The molecule has 0 aromatic carbocycles. The van der Waals surface area contributed by atoms with Gasteiger partial charge < -0.3 is 5.32 Å². The number of carbonyl (C=O) groups excluding carboxylic acids is 1. The number of hydrogen-bond donors (Lipinski definition) is 1. The molecule has 1 aliphatic heterocycles. The minimum atomic E-state index is -0.0598. The van der Waals surface area contributed by atoms with Crippen molar-refractivity contribution in [3.63, 3.8) is 0 Å². The summed E-state index contributed by atoms with van der Waals surface area (Å²) in [5.74, 6) is 0.816. The van der Waals surface area contributed by atoms with Crippen LogP contribution in [0.15, 0.2) is 22.2 Å². The third kappa shape index (κ3) is 2.90. The predicted molar refractivity (Wildman–Crippen MR) is 77.9 cm³/mol. The first-order chi connectivity index (χ1) is 9.74. The number of carbonyl (C=O) groups is 1. The van der Waals surface area contributed by atoms with Gasteiger partial charge in [0.15, 0.2) is 5.16 Å². The van der Waals surface area contributed by atoms with Crippen LogP contribution in [0, 0.1) is 0 Å². The van der Waals surface area contributed by atoms with Crippen molar-refractivity contribution in [3.05, 3.63) is 22.6 Å². The molecule has 1 atom stereocenters. The van der Waals surface area contributed by atoms with Crippen LogP contribution in [-0.2, 0) is 4.79 Å². The minimum Gasteiger partial charge on any atom is -0.353 e. The molecule has 2 aliphatic rings. The number of rotatable bonds is 3. The van der Waals surface area contributed by atoms with Crippen molar-refractivity contribution in [1.29, 1.82) is 0 Å². The van der Waals surface area contributed by atoms with Crippen LogP contribution in [0.2, 0.25) is 0 Å². The third-order valence-electron chi connectivity index (χ3n) is 4.01. The molecule has 2 heterocycles. The van der Waals surface area contributed by atoms with Gasteiger partial charge >= 0.3 is 0 Å². The van der Waals surface area contributed by atoms with Crippen molar-refractivity contribution in [2.24, 2.45) is 0 Å². The highest BCUT2D eigenvalue weighted by Crippen LogP contribution is 2.31. The van der Waals surface area contributed by atoms with Gasteiger partial charge in [-0.05, 0) is 12.8 Å². The Hall–Kier alpha value is -1.30. The van der Waals surface area contributed by atoms with Gasteiger partial charge in [0.2, 0.25) is 5.91 Å². The lowest BCUT2D eigenvalue weighted by Crippen LogP contribution is -2.38. The summed E-state index contributed by atoms with van der Waals surface area (Å²) in [6.45, 7) is 0. The van der Waals surface area contributed by atoms with E-state index in [0.717, 1.165) is 23.8 Å². The van der Waals surface area contributed by atoms with E-state index in [0.29, 0.717) is 12.5 Å². The SMILES string of the molecule is O=C(C[C@@H]1CSc2nccc(=O)n21)NC1CCCCC1. The van der Waals surface area contributed by atoms with Crippen LogP contribution in [0.25, 0.3) is 0 Å². The molecule has 0 spiro atoms. The number of thioether (sulfide) groups is 1. The molecule has 108 valence electrons. The van der Waals surface area contributed by atoms with Gasteiger partial charge in [-0.15, -0.1) is 0 Å². The van der Waals surface area contributed by atoms with E-state index in [2.05, 4.69) is 10.3 Å². The van der Waals surface area contributed by atoms with Gasteiger partial charge in [0.05, 0.1) is 6.04 Å². The monoisotopic (exact) mass is 293 g/mol. The summed E-state index contributed by atoms with van der Waals surface area (Å²) >= 11 is 1.55. The van der Waals surface area contributed by atoms with Crippen molar-refractivity contribution in [1.82, 2.24) is 14.9 Å². The topological polar surface area (TPSA) is 64.0 Å². The molecular formula is C14H19N3O2S. The molecule has 1 saturated carbocycles. The second-order valence-electron chi connectivity index (χ2n) is 5.51.